The summed E-state index contributed by atoms with van der Waals surface area (Å²) in [6, 6.07) is 8.44. The van der Waals surface area contributed by atoms with E-state index in [0.29, 0.717) is 17.3 Å². The van der Waals surface area contributed by atoms with E-state index in [1.54, 1.807) is 0 Å². The second kappa shape index (κ2) is 6.12. The van der Waals surface area contributed by atoms with Crippen LogP contribution in [0.2, 0.25) is 0 Å². The van der Waals surface area contributed by atoms with Gasteiger partial charge in [0.25, 0.3) is 5.91 Å². The van der Waals surface area contributed by atoms with Gasteiger partial charge in [-0.1, -0.05) is 17.3 Å². The summed E-state index contributed by atoms with van der Waals surface area (Å²) in [6.45, 7) is 0. The molecule has 118 valence electrons. The zero-order valence-corrected chi connectivity index (χ0v) is 11.7. The second-order valence-electron chi connectivity index (χ2n) is 4.96. The van der Waals surface area contributed by atoms with Crippen molar-refractivity contribution in [3.63, 3.8) is 0 Å². The van der Waals surface area contributed by atoms with E-state index < -0.39 is 23.6 Å². The van der Waals surface area contributed by atoms with Crippen LogP contribution in [0.25, 0.3) is 0 Å². The molecule has 0 bridgehead atoms. The molecule has 0 radical (unpaired) electrons. The Balaban J connectivity index is 1.65. The Hall–Kier alpha value is -2.83. The van der Waals surface area contributed by atoms with E-state index in [9.17, 15) is 18.0 Å². The van der Waals surface area contributed by atoms with Crippen LogP contribution in [0.5, 0.6) is 0 Å². The van der Waals surface area contributed by atoms with Gasteiger partial charge in [0.15, 0.2) is 0 Å². The van der Waals surface area contributed by atoms with Gasteiger partial charge in [-0.3, -0.25) is 4.79 Å². The first-order chi connectivity index (χ1) is 11.0. The average molecular weight is 320 g/mol. The van der Waals surface area contributed by atoms with E-state index >= 15 is 0 Å². The summed E-state index contributed by atoms with van der Waals surface area (Å²) in [7, 11) is 0. The Kier molecular flexibility index (Phi) is 4.01. The van der Waals surface area contributed by atoms with Crippen molar-refractivity contribution < 1.29 is 22.8 Å². The van der Waals surface area contributed by atoms with E-state index in [0.717, 1.165) is 12.1 Å². The number of amides is 1. The van der Waals surface area contributed by atoms with E-state index in [1.807, 2.05) is 0 Å². The molecule has 1 amide bonds. The maximum atomic E-state index is 13.5. The molecule has 2 aromatic carbocycles. The first kappa shape index (κ1) is 15.1. The van der Waals surface area contributed by atoms with Crippen LogP contribution in [-0.4, -0.2) is 17.7 Å². The number of nitrogens with zero attached hydrogens (tertiary/aromatic N) is 1. The molecule has 1 atom stereocenters. The van der Waals surface area contributed by atoms with E-state index in [2.05, 4.69) is 10.5 Å². The van der Waals surface area contributed by atoms with Crippen LogP contribution in [-0.2, 0) is 9.63 Å². The number of halogens is 3. The number of carbonyl (C=O) groups is 1. The average Bonchev–Trinajstić information content (AvgIpc) is 3.01. The molecule has 3 rings (SSSR count). The van der Waals surface area contributed by atoms with E-state index in [1.165, 1.54) is 24.3 Å². The molecule has 0 aromatic heterocycles. The van der Waals surface area contributed by atoms with Crippen LogP contribution in [0, 0.1) is 17.5 Å². The highest BCUT2D eigenvalue weighted by Gasteiger charge is 2.29. The van der Waals surface area contributed by atoms with Crippen molar-refractivity contribution in [2.45, 2.75) is 12.5 Å². The van der Waals surface area contributed by atoms with Crippen molar-refractivity contribution in [2.75, 3.05) is 5.32 Å². The summed E-state index contributed by atoms with van der Waals surface area (Å²) in [5.41, 5.74) is 0.981. The minimum atomic E-state index is -0.931. The lowest BCUT2D eigenvalue weighted by Crippen LogP contribution is -2.28. The highest BCUT2D eigenvalue weighted by Crippen LogP contribution is 2.20. The normalized spacial score (nSPS) is 16.7. The van der Waals surface area contributed by atoms with Gasteiger partial charge in [-0.2, -0.15) is 0 Å². The van der Waals surface area contributed by atoms with Gasteiger partial charge in [-0.15, -0.1) is 0 Å². The van der Waals surface area contributed by atoms with Gasteiger partial charge < -0.3 is 10.2 Å². The van der Waals surface area contributed by atoms with E-state index in [-0.39, 0.29) is 17.9 Å². The summed E-state index contributed by atoms with van der Waals surface area (Å²) in [6.07, 6.45) is -0.764. The predicted molar refractivity (Wildman–Crippen MR) is 77.4 cm³/mol. The summed E-state index contributed by atoms with van der Waals surface area (Å²) < 4.78 is 39.2. The topological polar surface area (TPSA) is 50.7 Å². The molecule has 4 nitrogen and oxygen atoms in total. The molecule has 1 aliphatic heterocycles. The SMILES string of the molecule is O=C(Nc1ccc(F)cc1F)[C@H]1CC(c2ccc(F)cc2)=NO1. The molecule has 7 heteroatoms. The Morgan fingerprint density at radius 2 is 1.78 bits per heavy atom. The molecule has 0 fully saturated rings. The third kappa shape index (κ3) is 3.33. The summed E-state index contributed by atoms with van der Waals surface area (Å²) in [5.74, 6) is -2.60. The standard InChI is InChI=1S/C16H11F3N2O2/c17-10-3-1-9(2-4-10)14-8-15(23-21-14)16(22)20-13-6-5-11(18)7-12(13)19/h1-7,15H,8H2,(H,20,22)/t15-/m1/s1. The van der Waals surface area contributed by atoms with Crippen molar-refractivity contribution >= 4 is 17.3 Å². The van der Waals surface area contributed by atoms with Gasteiger partial charge in [0.1, 0.15) is 17.5 Å². The maximum absolute atomic E-state index is 13.5. The molecule has 1 aliphatic rings. The van der Waals surface area contributed by atoms with Crippen LogP contribution >= 0.6 is 0 Å². The lowest BCUT2D eigenvalue weighted by Gasteiger charge is -2.10. The van der Waals surface area contributed by atoms with Gasteiger partial charge >= 0.3 is 0 Å². The lowest BCUT2D eigenvalue weighted by atomic mass is 10.0. The fraction of sp³-hybridized carbons (Fsp3) is 0.125. The Morgan fingerprint density at radius 3 is 2.48 bits per heavy atom. The molecule has 1 heterocycles. The number of hydrogen-bond donors (Lipinski definition) is 1. The van der Waals surface area contributed by atoms with Gasteiger partial charge in [0.2, 0.25) is 6.10 Å². The van der Waals surface area contributed by atoms with E-state index in [4.69, 9.17) is 4.84 Å². The van der Waals surface area contributed by atoms with Crippen LogP contribution in [0.4, 0.5) is 18.9 Å². The molecule has 0 saturated heterocycles. The Bertz CT molecular complexity index is 775. The molecule has 0 unspecified atom stereocenters. The third-order valence-electron chi connectivity index (χ3n) is 3.33. The highest BCUT2D eigenvalue weighted by atomic mass is 19.1. The molecule has 23 heavy (non-hydrogen) atoms. The quantitative estimate of drug-likeness (QED) is 0.944. The largest absolute Gasteiger partial charge is 0.382 e. The summed E-state index contributed by atoms with van der Waals surface area (Å²) >= 11 is 0. The van der Waals surface area contributed by atoms with Crippen LogP contribution in [0.3, 0.4) is 0 Å². The Morgan fingerprint density at radius 1 is 1.09 bits per heavy atom. The molecule has 0 spiro atoms. The number of oxime groups is 1. The van der Waals surface area contributed by atoms with Crippen LogP contribution in [0.15, 0.2) is 47.6 Å². The van der Waals surface area contributed by atoms with Crippen LogP contribution in [0.1, 0.15) is 12.0 Å². The fourth-order valence-electron chi connectivity index (χ4n) is 2.13. The zero-order valence-electron chi connectivity index (χ0n) is 11.7. The number of nitrogens with one attached hydrogen (secondary N) is 1. The number of benzene rings is 2. The van der Waals surface area contributed by atoms with Crippen molar-refractivity contribution in [2.24, 2.45) is 5.16 Å². The summed E-state index contributed by atoms with van der Waals surface area (Å²) in [4.78, 5) is 17.1. The van der Waals surface area contributed by atoms with Crippen molar-refractivity contribution in [1.82, 2.24) is 0 Å². The van der Waals surface area contributed by atoms with Crippen molar-refractivity contribution in [1.29, 1.82) is 0 Å². The number of hydrogen-bond acceptors (Lipinski definition) is 3. The minimum absolute atomic E-state index is 0.143. The first-order valence-electron chi connectivity index (χ1n) is 6.77. The third-order valence-corrected chi connectivity index (χ3v) is 3.33. The minimum Gasteiger partial charge on any atom is -0.382 e. The Labute approximate surface area is 129 Å². The van der Waals surface area contributed by atoms with Crippen LogP contribution < -0.4 is 5.32 Å². The molecule has 0 aliphatic carbocycles. The van der Waals surface area contributed by atoms with Gasteiger partial charge in [0.05, 0.1) is 11.4 Å². The monoisotopic (exact) mass is 320 g/mol. The van der Waals surface area contributed by atoms with Gasteiger partial charge in [0, 0.05) is 12.5 Å². The molecule has 0 saturated carbocycles. The fourth-order valence-corrected chi connectivity index (χ4v) is 2.13. The first-order valence-corrected chi connectivity index (χ1v) is 6.77. The predicted octanol–water partition coefficient (Wildman–Crippen LogP) is 3.24. The smallest absolute Gasteiger partial charge is 0.268 e. The lowest BCUT2D eigenvalue weighted by molar-refractivity contribution is -0.125. The summed E-state index contributed by atoms with van der Waals surface area (Å²) in [5, 5.41) is 6.12. The number of carbonyl (C=O) groups excluding carboxylic acids is 1. The van der Waals surface area contributed by atoms with Crippen molar-refractivity contribution in [3.05, 3.63) is 65.5 Å². The maximum Gasteiger partial charge on any atom is 0.268 e. The molecule has 2 aromatic rings. The molecular formula is C16H11F3N2O2. The van der Waals surface area contributed by atoms with Gasteiger partial charge in [-0.05, 0) is 29.8 Å². The highest BCUT2D eigenvalue weighted by molar-refractivity contribution is 6.06. The van der Waals surface area contributed by atoms with Crippen molar-refractivity contribution in [3.8, 4) is 0 Å². The van der Waals surface area contributed by atoms with Gasteiger partial charge in [-0.25, -0.2) is 13.2 Å². The number of rotatable bonds is 3. The number of anilines is 1. The zero-order chi connectivity index (χ0) is 16.4. The molecule has 1 N–H and O–H groups in total. The second-order valence-corrected chi connectivity index (χ2v) is 4.96. The molecular weight excluding hydrogens is 309 g/mol.